The number of urea groups is 1. The number of pyridine rings is 1. The van der Waals surface area contributed by atoms with Gasteiger partial charge in [0.25, 0.3) is 0 Å². The molecule has 20 heavy (non-hydrogen) atoms. The summed E-state index contributed by atoms with van der Waals surface area (Å²) in [5, 5.41) is 5.53. The van der Waals surface area contributed by atoms with Crippen LogP contribution in [-0.2, 0) is 6.54 Å². The second-order valence-corrected chi connectivity index (χ2v) is 4.72. The van der Waals surface area contributed by atoms with Gasteiger partial charge in [0.05, 0.1) is 0 Å². The molecule has 5 nitrogen and oxygen atoms in total. The Balaban J connectivity index is 1.77. The van der Waals surface area contributed by atoms with Gasteiger partial charge in [-0.3, -0.25) is 0 Å². The van der Waals surface area contributed by atoms with Crippen LogP contribution in [0.5, 0.6) is 5.88 Å². The lowest BCUT2D eigenvalue weighted by Gasteiger charge is -2.08. The quantitative estimate of drug-likeness (QED) is 0.843. The Morgan fingerprint density at radius 2 is 2.40 bits per heavy atom. The molecule has 0 spiro atoms. The smallest absolute Gasteiger partial charge is 0.388 e. The molecule has 0 aromatic carbocycles. The van der Waals surface area contributed by atoms with E-state index in [-0.39, 0.29) is 24.5 Å². The number of halogens is 2. The molecular formula is C13H17F2N3O2. The molecule has 1 saturated carbocycles. The molecule has 1 aromatic rings. The highest BCUT2D eigenvalue weighted by Gasteiger charge is 2.36. The molecule has 110 valence electrons. The third kappa shape index (κ3) is 4.32. The lowest BCUT2D eigenvalue weighted by molar-refractivity contribution is -0.0528. The third-order valence-electron chi connectivity index (χ3n) is 3.23. The summed E-state index contributed by atoms with van der Waals surface area (Å²) in [4.78, 5) is 15.3. The van der Waals surface area contributed by atoms with E-state index in [1.807, 2.05) is 0 Å². The molecule has 1 fully saturated rings. The van der Waals surface area contributed by atoms with E-state index < -0.39 is 6.61 Å². The third-order valence-corrected chi connectivity index (χ3v) is 3.23. The van der Waals surface area contributed by atoms with Crippen LogP contribution in [0.2, 0.25) is 0 Å². The Hall–Kier alpha value is -1.92. The second kappa shape index (κ2) is 6.49. The summed E-state index contributed by atoms with van der Waals surface area (Å²) in [6, 6.07) is 3.01. The highest BCUT2D eigenvalue weighted by molar-refractivity contribution is 5.74. The van der Waals surface area contributed by atoms with Gasteiger partial charge in [0.15, 0.2) is 0 Å². The molecule has 0 radical (unpaired) electrons. The summed E-state index contributed by atoms with van der Waals surface area (Å²) in [7, 11) is 0. The minimum Gasteiger partial charge on any atom is -0.417 e. The Morgan fingerprint density at radius 3 is 3.05 bits per heavy atom. The fourth-order valence-electron chi connectivity index (χ4n) is 1.99. The first-order chi connectivity index (χ1) is 9.58. The summed E-state index contributed by atoms with van der Waals surface area (Å²) in [6.45, 7) is -0.585. The Morgan fingerprint density at radius 1 is 1.60 bits per heavy atom. The first-order valence-electron chi connectivity index (χ1n) is 6.52. The lowest BCUT2D eigenvalue weighted by atomic mass is 10.2. The van der Waals surface area contributed by atoms with Crippen LogP contribution in [0, 0.1) is 5.92 Å². The molecule has 1 aliphatic carbocycles. The van der Waals surface area contributed by atoms with E-state index in [0.717, 1.165) is 12.8 Å². The zero-order valence-corrected chi connectivity index (χ0v) is 11.1. The van der Waals surface area contributed by atoms with Gasteiger partial charge in [-0.2, -0.15) is 8.78 Å². The minimum absolute atomic E-state index is 0.159. The SMILES string of the molecule is CCC1CC1NC(=O)NCc1ccnc(OC(F)F)c1. The van der Waals surface area contributed by atoms with Gasteiger partial charge in [0, 0.05) is 24.8 Å². The molecule has 2 unspecified atom stereocenters. The van der Waals surface area contributed by atoms with Crippen molar-refractivity contribution >= 4 is 6.03 Å². The zero-order chi connectivity index (χ0) is 14.5. The highest BCUT2D eigenvalue weighted by atomic mass is 19.3. The Labute approximate surface area is 115 Å². The van der Waals surface area contributed by atoms with E-state index >= 15 is 0 Å². The van der Waals surface area contributed by atoms with Crippen LogP contribution < -0.4 is 15.4 Å². The van der Waals surface area contributed by atoms with Crippen molar-refractivity contribution in [3.8, 4) is 5.88 Å². The predicted molar refractivity (Wildman–Crippen MR) is 68.4 cm³/mol. The van der Waals surface area contributed by atoms with E-state index in [0.29, 0.717) is 11.5 Å². The number of hydrogen-bond donors (Lipinski definition) is 2. The molecular weight excluding hydrogens is 268 g/mol. The maximum atomic E-state index is 12.0. The molecule has 2 amide bonds. The Kier molecular flexibility index (Phi) is 4.70. The van der Waals surface area contributed by atoms with E-state index in [4.69, 9.17) is 0 Å². The minimum atomic E-state index is -2.91. The normalized spacial score (nSPS) is 20.6. The van der Waals surface area contributed by atoms with Gasteiger partial charge >= 0.3 is 12.6 Å². The van der Waals surface area contributed by atoms with Crippen molar-refractivity contribution in [1.29, 1.82) is 0 Å². The van der Waals surface area contributed by atoms with Crippen LogP contribution >= 0.6 is 0 Å². The number of aromatic nitrogens is 1. The van der Waals surface area contributed by atoms with Crippen molar-refractivity contribution in [1.82, 2.24) is 15.6 Å². The first-order valence-corrected chi connectivity index (χ1v) is 6.52. The maximum Gasteiger partial charge on any atom is 0.388 e. The van der Waals surface area contributed by atoms with E-state index in [1.165, 1.54) is 12.3 Å². The van der Waals surface area contributed by atoms with Crippen molar-refractivity contribution in [3.63, 3.8) is 0 Å². The number of amides is 2. The molecule has 7 heteroatoms. The number of rotatable bonds is 6. The molecule has 1 heterocycles. The van der Waals surface area contributed by atoms with Gasteiger partial charge < -0.3 is 15.4 Å². The second-order valence-electron chi connectivity index (χ2n) is 4.72. The van der Waals surface area contributed by atoms with Crippen LogP contribution in [0.15, 0.2) is 18.3 Å². The molecule has 2 N–H and O–H groups in total. The fraction of sp³-hybridized carbons (Fsp3) is 0.538. The van der Waals surface area contributed by atoms with Crippen LogP contribution in [-0.4, -0.2) is 23.7 Å². The number of carbonyl (C=O) groups is 1. The summed E-state index contributed by atoms with van der Waals surface area (Å²) in [6.07, 6.45) is 3.44. The molecule has 1 aromatic heterocycles. The number of nitrogens with zero attached hydrogens (tertiary/aromatic N) is 1. The predicted octanol–water partition coefficient (Wildman–Crippen LogP) is 2.28. The topological polar surface area (TPSA) is 63.2 Å². The molecule has 0 saturated heterocycles. The monoisotopic (exact) mass is 285 g/mol. The number of carbonyl (C=O) groups excluding carboxylic acids is 1. The maximum absolute atomic E-state index is 12.0. The standard InChI is InChI=1S/C13H17F2N3O2/c1-2-9-6-10(9)18-13(19)17-7-8-3-4-16-11(5-8)20-12(14)15/h3-5,9-10,12H,2,6-7H2,1H3,(H2,17,18,19). The summed E-state index contributed by atoms with van der Waals surface area (Å²) < 4.78 is 28.3. The molecule has 0 bridgehead atoms. The largest absolute Gasteiger partial charge is 0.417 e. The summed E-state index contributed by atoms with van der Waals surface area (Å²) >= 11 is 0. The fourth-order valence-corrected chi connectivity index (χ4v) is 1.99. The van der Waals surface area contributed by atoms with Crippen LogP contribution in [0.4, 0.5) is 13.6 Å². The van der Waals surface area contributed by atoms with Gasteiger partial charge in [0.1, 0.15) is 0 Å². The van der Waals surface area contributed by atoms with Crippen LogP contribution in [0.1, 0.15) is 25.3 Å². The lowest BCUT2D eigenvalue weighted by Crippen LogP contribution is -2.37. The van der Waals surface area contributed by atoms with Crippen molar-refractivity contribution in [3.05, 3.63) is 23.9 Å². The van der Waals surface area contributed by atoms with Crippen molar-refractivity contribution in [2.24, 2.45) is 5.92 Å². The summed E-state index contributed by atoms with van der Waals surface area (Å²) in [5.41, 5.74) is 0.647. The molecule has 0 aliphatic heterocycles. The van der Waals surface area contributed by atoms with Gasteiger partial charge in [-0.05, 0) is 24.0 Å². The van der Waals surface area contributed by atoms with E-state index in [9.17, 15) is 13.6 Å². The van der Waals surface area contributed by atoms with Gasteiger partial charge in [-0.25, -0.2) is 9.78 Å². The highest BCUT2D eigenvalue weighted by Crippen LogP contribution is 2.32. The number of alkyl halides is 2. The number of nitrogens with one attached hydrogen (secondary N) is 2. The molecule has 2 rings (SSSR count). The number of ether oxygens (including phenoxy) is 1. The zero-order valence-electron chi connectivity index (χ0n) is 11.1. The van der Waals surface area contributed by atoms with Crippen LogP contribution in [0.25, 0.3) is 0 Å². The van der Waals surface area contributed by atoms with E-state index in [1.54, 1.807) is 6.07 Å². The number of hydrogen-bond acceptors (Lipinski definition) is 3. The molecule has 1 aliphatic rings. The van der Waals surface area contributed by atoms with E-state index in [2.05, 4.69) is 27.3 Å². The van der Waals surface area contributed by atoms with Crippen LogP contribution in [0.3, 0.4) is 0 Å². The average Bonchev–Trinajstić information content (AvgIpc) is 3.14. The van der Waals surface area contributed by atoms with Gasteiger partial charge in [-0.15, -0.1) is 0 Å². The average molecular weight is 285 g/mol. The van der Waals surface area contributed by atoms with Gasteiger partial charge in [-0.1, -0.05) is 13.3 Å². The molecule has 2 atom stereocenters. The first kappa shape index (κ1) is 14.5. The summed E-state index contributed by atoms with van der Waals surface area (Å²) in [5.74, 6) is 0.417. The van der Waals surface area contributed by atoms with Gasteiger partial charge in [0.2, 0.25) is 5.88 Å². The van der Waals surface area contributed by atoms with Crippen molar-refractivity contribution in [2.45, 2.75) is 39.0 Å². The Bertz CT molecular complexity index is 471. The van der Waals surface area contributed by atoms with Crippen molar-refractivity contribution in [2.75, 3.05) is 0 Å². The van der Waals surface area contributed by atoms with Crippen molar-refractivity contribution < 1.29 is 18.3 Å².